The summed E-state index contributed by atoms with van der Waals surface area (Å²) in [5, 5.41) is 0. The van der Waals surface area contributed by atoms with E-state index in [0.29, 0.717) is 45.4 Å². The van der Waals surface area contributed by atoms with E-state index in [9.17, 15) is 4.79 Å². The molecule has 0 saturated heterocycles. The summed E-state index contributed by atoms with van der Waals surface area (Å²) >= 11 is 0. The average Bonchev–Trinajstić information content (AvgIpc) is 2.64. The Bertz CT molecular complexity index is 782. The van der Waals surface area contributed by atoms with Crippen molar-refractivity contribution >= 4 is 5.78 Å². The largest absolute Gasteiger partial charge is 0.493 e. The van der Waals surface area contributed by atoms with Crippen LogP contribution in [0.4, 0.5) is 0 Å². The van der Waals surface area contributed by atoms with E-state index in [4.69, 9.17) is 23.7 Å². The van der Waals surface area contributed by atoms with Crippen LogP contribution in [0.1, 0.15) is 17.3 Å². The molecule has 134 valence electrons. The number of carbonyl (C=O) groups is 1. The molecule has 0 unspecified atom stereocenters. The Morgan fingerprint density at radius 1 is 0.680 bits per heavy atom. The first-order chi connectivity index (χ1) is 12.0. The van der Waals surface area contributed by atoms with Gasteiger partial charge in [-0.25, -0.2) is 0 Å². The lowest BCUT2D eigenvalue weighted by atomic mass is 9.98. The number of ketones is 1. The lowest BCUT2D eigenvalue weighted by molar-refractivity contribution is 0.101. The predicted molar refractivity (Wildman–Crippen MR) is 94.6 cm³/mol. The molecular formula is C19H22O6. The summed E-state index contributed by atoms with van der Waals surface area (Å²) in [6, 6.07) is 6.98. The van der Waals surface area contributed by atoms with Gasteiger partial charge in [0, 0.05) is 16.7 Å². The molecule has 0 saturated carbocycles. The fourth-order valence-electron chi connectivity index (χ4n) is 2.68. The highest BCUT2D eigenvalue weighted by Gasteiger charge is 2.22. The van der Waals surface area contributed by atoms with Crippen LogP contribution >= 0.6 is 0 Å². The van der Waals surface area contributed by atoms with Gasteiger partial charge in [0.2, 0.25) is 5.75 Å². The molecule has 0 atom stereocenters. The van der Waals surface area contributed by atoms with Crippen LogP contribution in [0.15, 0.2) is 24.3 Å². The minimum Gasteiger partial charge on any atom is -0.493 e. The fourth-order valence-corrected chi connectivity index (χ4v) is 2.68. The van der Waals surface area contributed by atoms with Crippen molar-refractivity contribution in [3.05, 3.63) is 29.8 Å². The number of hydrogen-bond acceptors (Lipinski definition) is 6. The van der Waals surface area contributed by atoms with Crippen molar-refractivity contribution in [3.63, 3.8) is 0 Å². The van der Waals surface area contributed by atoms with E-state index in [-0.39, 0.29) is 5.78 Å². The van der Waals surface area contributed by atoms with Crippen molar-refractivity contribution in [2.24, 2.45) is 0 Å². The van der Waals surface area contributed by atoms with Crippen LogP contribution in [0.5, 0.6) is 28.7 Å². The average molecular weight is 346 g/mol. The second kappa shape index (κ2) is 7.79. The molecule has 2 aromatic carbocycles. The zero-order valence-electron chi connectivity index (χ0n) is 15.3. The second-order valence-corrected chi connectivity index (χ2v) is 5.20. The Hall–Kier alpha value is -2.89. The predicted octanol–water partition coefficient (Wildman–Crippen LogP) is 3.60. The van der Waals surface area contributed by atoms with Gasteiger partial charge in [0.05, 0.1) is 35.5 Å². The van der Waals surface area contributed by atoms with E-state index >= 15 is 0 Å². The normalized spacial score (nSPS) is 10.2. The summed E-state index contributed by atoms with van der Waals surface area (Å²) in [6.45, 7) is 1.50. The number of ether oxygens (including phenoxy) is 5. The number of hydrogen-bond donors (Lipinski definition) is 0. The minimum absolute atomic E-state index is 0.0818. The number of Topliss-reactive ketones (excluding diaryl/α,β-unsaturated/α-hetero) is 1. The molecule has 0 aliphatic carbocycles. The van der Waals surface area contributed by atoms with Crippen molar-refractivity contribution < 1.29 is 28.5 Å². The van der Waals surface area contributed by atoms with Crippen LogP contribution in [-0.2, 0) is 0 Å². The summed E-state index contributed by atoms with van der Waals surface area (Å²) in [7, 11) is 7.70. The molecule has 25 heavy (non-hydrogen) atoms. The first-order valence-electron chi connectivity index (χ1n) is 7.58. The SMILES string of the molecule is COc1cc(C(C)=O)cc(-c2ccc(OC)c(OC)c2OC)c1OC. The summed E-state index contributed by atoms with van der Waals surface area (Å²) in [5.41, 5.74) is 1.85. The summed E-state index contributed by atoms with van der Waals surface area (Å²) in [5.74, 6) is 2.35. The van der Waals surface area contributed by atoms with Crippen LogP contribution in [0, 0.1) is 0 Å². The molecule has 0 aliphatic rings. The van der Waals surface area contributed by atoms with Gasteiger partial charge in [-0.05, 0) is 31.2 Å². The van der Waals surface area contributed by atoms with Gasteiger partial charge in [-0.15, -0.1) is 0 Å². The molecule has 0 N–H and O–H groups in total. The highest BCUT2D eigenvalue weighted by Crippen LogP contribution is 2.48. The van der Waals surface area contributed by atoms with Crippen LogP contribution in [0.3, 0.4) is 0 Å². The zero-order valence-corrected chi connectivity index (χ0v) is 15.3. The third-order valence-electron chi connectivity index (χ3n) is 3.88. The maximum absolute atomic E-state index is 11.9. The van der Waals surface area contributed by atoms with Gasteiger partial charge in [-0.3, -0.25) is 4.79 Å². The second-order valence-electron chi connectivity index (χ2n) is 5.20. The lowest BCUT2D eigenvalue weighted by Crippen LogP contribution is -2.01. The van der Waals surface area contributed by atoms with Crippen molar-refractivity contribution in [1.29, 1.82) is 0 Å². The lowest BCUT2D eigenvalue weighted by Gasteiger charge is -2.19. The topological polar surface area (TPSA) is 63.2 Å². The quantitative estimate of drug-likeness (QED) is 0.714. The van der Waals surface area contributed by atoms with Gasteiger partial charge in [0.1, 0.15) is 0 Å². The number of benzene rings is 2. The van der Waals surface area contributed by atoms with E-state index in [0.717, 1.165) is 0 Å². The van der Waals surface area contributed by atoms with Crippen molar-refractivity contribution in [1.82, 2.24) is 0 Å². The number of methoxy groups -OCH3 is 5. The van der Waals surface area contributed by atoms with Crippen molar-refractivity contribution in [2.75, 3.05) is 35.5 Å². The third kappa shape index (κ3) is 3.33. The van der Waals surface area contributed by atoms with Gasteiger partial charge in [0.25, 0.3) is 0 Å². The standard InChI is InChI=1S/C19H22O6/c1-11(20)12-9-14(17(23-4)16(10-12)22-3)13-7-8-15(21-2)19(25-6)18(13)24-5/h7-10H,1-6H3. The van der Waals surface area contributed by atoms with E-state index in [2.05, 4.69) is 0 Å². The molecule has 6 heteroatoms. The van der Waals surface area contributed by atoms with Gasteiger partial charge in [0.15, 0.2) is 28.8 Å². The Morgan fingerprint density at radius 3 is 1.76 bits per heavy atom. The van der Waals surface area contributed by atoms with Crippen LogP contribution < -0.4 is 23.7 Å². The smallest absolute Gasteiger partial charge is 0.203 e. The molecule has 0 bridgehead atoms. The van der Waals surface area contributed by atoms with Gasteiger partial charge < -0.3 is 23.7 Å². The third-order valence-corrected chi connectivity index (χ3v) is 3.88. The Kier molecular flexibility index (Phi) is 5.75. The van der Waals surface area contributed by atoms with Gasteiger partial charge >= 0.3 is 0 Å². The summed E-state index contributed by atoms with van der Waals surface area (Å²) < 4.78 is 27.2. The van der Waals surface area contributed by atoms with Gasteiger partial charge in [-0.2, -0.15) is 0 Å². The summed E-state index contributed by atoms with van der Waals surface area (Å²) in [6.07, 6.45) is 0. The molecule has 0 heterocycles. The monoisotopic (exact) mass is 346 g/mol. The zero-order chi connectivity index (χ0) is 18.6. The molecule has 6 nitrogen and oxygen atoms in total. The number of carbonyl (C=O) groups excluding carboxylic acids is 1. The maximum Gasteiger partial charge on any atom is 0.203 e. The fraction of sp³-hybridized carbons (Fsp3) is 0.316. The molecule has 0 amide bonds. The Labute approximate surface area is 147 Å². The minimum atomic E-state index is -0.0818. The van der Waals surface area contributed by atoms with Crippen LogP contribution in [-0.4, -0.2) is 41.3 Å². The Morgan fingerprint density at radius 2 is 1.28 bits per heavy atom. The van der Waals surface area contributed by atoms with Crippen LogP contribution in [0.25, 0.3) is 11.1 Å². The van der Waals surface area contributed by atoms with Crippen LogP contribution in [0.2, 0.25) is 0 Å². The summed E-state index contributed by atoms with van der Waals surface area (Å²) in [4.78, 5) is 11.9. The Balaban J connectivity index is 2.85. The molecule has 0 spiro atoms. The van der Waals surface area contributed by atoms with E-state index < -0.39 is 0 Å². The van der Waals surface area contributed by atoms with E-state index in [1.165, 1.54) is 21.1 Å². The highest BCUT2D eigenvalue weighted by molar-refractivity contribution is 5.97. The van der Waals surface area contributed by atoms with E-state index in [1.54, 1.807) is 39.5 Å². The molecule has 0 fully saturated rings. The van der Waals surface area contributed by atoms with Crippen molar-refractivity contribution in [2.45, 2.75) is 6.92 Å². The molecule has 0 radical (unpaired) electrons. The first kappa shape index (κ1) is 18.4. The number of rotatable bonds is 7. The first-order valence-corrected chi connectivity index (χ1v) is 7.58. The molecule has 0 aromatic heterocycles. The van der Waals surface area contributed by atoms with Gasteiger partial charge in [-0.1, -0.05) is 0 Å². The van der Waals surface area contributed by atoms with Crippen molar-refractivity contribution in [3.8, 4) is 39.9 Å². The van der Waals surface area contributed by atoms with E-state index in [1.807, 2.05) is 6.07 Å². The highest BCUT2D eigenvalue weighted by atomic mass is 16.5. The molecule has 2 aromatic rings. The molecule has 2 rings (SSSR count). The molecular weight excluding hydrogens is 324 g/mol. The maximum atomic E-state index is 11.9. The molecule has 0 aliphatic heterocycles.